The molecule has 0 aliphatic heterocycles. The third-order valence-corrected chi connectivity index (χ3v) is 2.31. The smallest absolute Gasteiger partial charge is 0.326 e. The van der Waals surface area contributed by atoms with Crippen LogP contribution in [-0.2, 0) is 38.1 Å². The van der Waals surface area contributed by atoms with E-state index in [1.54, 1.807) is 6.92 Å². The number of carbonyl (C=O) groups excluding carboxylic acids is 4. The second-order valence-electron chi connectivity index (χ2n) is 4.05. The first-order valence-electron chi connectivity index (χ1n) is 6.38. The number of methoxy groups -OCH3 is 1. The molecule has 0 radical (unpaired) electrons. The fourth-order valence-corrected chi connectivity index (χ4v) is 1.19. The highest BCUT2D eigenvalue weighted by Gasteiger charge is 2.22. The van der Waals surface area contributed by atoms with E-state index >= 15 is 0 Å². The minimum Gasteiger partial charge on any atom is -0.469 e. The summed E-state index contributed by atoms with van der Waals surface area (Å²) < 4.78 is 18.0. The van der Waals surface area contributed by atoms with Gasteiger partial charge in [-0.25, -0.2) is 0 Å². The largest absolute Gasteiger partial charge is 0.469 e. The first-order valence-corrected chi connectivity index (χ1v) is 6.38. The Morgan fingerprint density at radius 1 is 0.864 bits per heavy atom. The van der Waals surface area contributed by atoms with Gasteiger partial charge in [0.2, 0.25) is 6.79 Å². The van der Waals surface area contributed by atoms with Gasteiger partial charge in [-0.05, 0) is 6.92 Å². The van der Waals surface area contributed by atoms with Crippen LogP contribution in [0, 0.1) is 0 Å². The van der Waals surface area contributed by atoms with Crippen LogP contribution in [-0.4, -0.2) is 56.5 Å². The lowest BCUT2D eigenvalue weighted by Crippen LogP contribution is -2.38. The Kier molecular flexibility index (Phi) is 9.46. The van der Waals surface area contributed by atoms with Gasteiger partial charge in [0, 0.05) is 0 Å². The molecule has 126 valence electrons. The second kappa shape index (κ2) is 10.5. The van der Waals surface area contributed by atoms with Crippen LogP contribution in [0.3, 0.4) is 0 Å². The molecule has 0 aliphatic rings. The van der Waals surface area contributed by atoms with Gasteiger partial charge in [-0.2, -0.15) is 0 Å². The van der Waals surface area contributed by atoms with Crippen molar-refractivity contribution >= 4 is 23.9 Å². The first-order chi connectivity index (χ1) is 10.3. The fraction of sp³-hybridized carbons (Fsp3) is 0.667. The van der Waals surface area contributed by atoms with Crippen LogP contribution in [0.1, 0.15) is 19.8 Å². The molecule has 0 aromatic rings. The maximum absolute atomic E-state index is 11.4. The van der Waals surface area contributed by atoms with Gasteiger partial charge in [0.25, 0.3) is 0 Å². The van der Waals surface area contributed by atoms with Gasteiger partial charge in [0.1, 0.15) is 12.1 Å². The molecule has 0 heterocycles. The Hall–Kier alpha value is -2.20. The Labute approximate surface area is 127 Å². The van der Waals surface area contributed by atoms with Crippen LogP contribution in [0.4, 0.5) is 0 Å². The van der Waals surface area contributed by atoms with Gasteiger partial charge in [0.15, 0.2) is 0 Å². The molecule has 0 fully saturated rings. The molecule has 4 N–H and O–H groups in total. The molecule has 0 amide bonds. The van der Waals surface area contributed by atoms with Crippen molar-refractivity contribution in [3.05, 3.63) is 0 Å². The highest BCUT2D eigenvalue weighted by atomic mass is 16.7. The van der Waals surface area contributed by atoms with Crippen molar-refractivity contribution in [2.45, 2.75) is 31.8 Å². The van der Waals surface area contributed by atoms with E-state index in [2.05, 4.69) is 18.9 Å². The van der Waals surface area contributed by atoms with Crippen molar-refractivity contribution in [1.82, 2.24) is 0 Å². The third kappa shape index (κ3) is 8.17. The van der Waals surface area contributed by atoms with E-state index in [4.69, 9.17) is 11.5 Å². The molecule has 10 heteroatoms. The van der Waals surface area contributed by atoms with E-state index in [1.807, 2.05) is 0 Å². The van der Waals surface area contributed by atoms with Gasteiger partial charge in [0.05, 0.1) is 26.6 Å². The number of rotatable bonds is 9. The zero-order chi connectivity index (χ0) is 17.1. The van der Waals surface area contributed by atoms with Crippen molar-refractivity contribution in [3.63, 3.8) is 0 Å². The van der Waals surface area contributed by atoms with Crippen LogP contribution >= 0.6 is 0 Å². The first kappa shape index (κ1) is 19.8. The summed E-state index contributed by atoms with van der Waals surface area (Å²) in [5.41, 5.74) is 10.8. The Bertz CT molecular complexity index is 412. The summed E-state index contributed by atoms with van der Waals surface area (Å²) in [6.45, 7) is 1.04. The molecule has 0 aromatic carbocycles. The summed E-state index contributed by atoms with van der Waals surface area (Å²) in [7, 11) is 1.15. The molecule has 2 atom stereocenters. The van der Waals surface area contributed by atoms with E-state index in [-0.39, 0.29) is 19.4 Å². The van der Waals surface area contributed by atoms with Crippen molar-refractivity contribution in [2.75, 3.05) is 20.5 Å². The molecule has 0 saturated heterocycles. The van der Waals surface area contributed by atoms with Crippen LogP contribution in [0.15, 0.2) is 0 Å². The Morgan fingerprint density at radius 2 is 1.32 bits per heavy atom. The lowest BCUT2D eigenvalue weighted by molar-refractivity contribution is -0.171. The predicted octanol–water partition coefficient (Wildman–Crippen LogP) is -1.80. The highest BCUT2D eigenvalue weighted by Crippen LogP contribution is 1.98. The van der Waals surface area contributed by atoms with Gasteiger partial charge in [-0.15, -0.1) is 0 Å². The molecule has 0 unspecified atom stereocenters. The monoisotopic (exact) mass is 320 g/mol. The number of hydrogen-bond acceptors (Lipinski definition) is 10. The average Bonchev–Trinajstić information content (AvgIpc) is 2.46. The molecule has 10 nitrogen and oxygen atoms in total. The molecule has 0 spiro atoms. The van der Waals surface area contributed by atoms with Gasteiger partial charge in [-0.3, -0.25) is 19.2 Å². The van der Waals surface area contributed by atoms with E-state index in [9.17, 15) is 19.2 Å². The molecule has 0 saturated carbocycles. The summed E-state index contributed by atoms with van der Waals surface area (Å²) in [5.74, 6) is -3.22. The van der Waals surface area contributed by atoms with E-state index in [0.29, 0.717) is 0 Å². The van der Waals surface area contributed by atoms with Crippen molar-refractivity contribution < 1.29 is 38.1 Å². The molecule has 0 rings (SSSR count). The average molecular weight is 320 g/mol. The minimum atomic E-state index is -1.24. The van der Waals surface area contributed by atoms with Crippen molar-refractivity contribution in [1.29, 1.82) is 0 Å². The van der Waals surface area contributed by atoms with Gasteiger partial charge in [-0.1, -0.05) is 0 Å². The normalized spacial score (nSPS) is 12.7. The quantitative estimate of drug-likeness (QED) is 0.282. The van der Waals surface area contributed by atoms with E-state index in [1.165, 1.54) is 0 Å². The molecule has 22 heavy (non-hydrogen) atoms. The third-order valence-electron chi connectivity index (χ3n) is 2.31. The molecular formula is C12H20N2O8. The molecule has 0 bridgehead atoms. The number of esters is 4. The predicted molar refractivity (Wildman–Crippen MR) is 70.9 cm³/mol. The van der Waals surface area contributed by atoms with Crippen molar-refractivity contribution in [2.24, 2.45) is 11.5 Å². The lowest BCUT2D eigenvalue weighted by atomic mass is 10.2. The molecular weight excluding hydrogens is 300 g/mol. The molecule has 0 aromatic heterocycles. The lowest BCUT2D eigenvalue weighted by Gasteiger charge is -2.13. The second-order valence-corrected chi connectivity index (χ2v) is 4.05. The maximum Gasteiger partial charge on any atom is 0.326 e. The SMILES string of the molecule is CCOC(=O)C[C@H](N)C(=O)OCOC(=O)[C@@H](N)CC(=O)OC. The standard InChI is InChI=1S/C12H20N2O8/c1-3-20-10(16)5-8(14)12(18)22-6-21-11(17)7(13)4-9(15)19-2/h7-8H,3-6,13-14H2,1-2H3/t7-,8-/m0/s1. The Balaban J connectivity index is 4.03. The van der Waals surface area contributed by atoms with Crippen molar-refractivity contribution in [3.8, 4) is 0 Å². The summed E-state index contributed by atoms with van der Waals surface area (Å²) in [5, 5.41) is 0. The summed E-state index contributed by atoms with van der Waals surface area (Å²) in [6.07, 6.45) is -0.728. The zero-order valence-corrected chi connectivity index (χ0v) is 12.4. The number of nitrogens with two attached hydrogens (primary N) is 2. The highest BCUT2D eigenvalue weighted by molar-refractivity contribution is 5.83. The van der Waals surface area contributed by atoms with Crippen LogP contribution in [0.5, 0.6) is 0 Å². The molecule has 0 aliphatic carbocycles. The summed E-state index contributed by atoms with van der Waals surface area (Å²) in [4.78, 5) is 44.8. The summed E-state index contributed by atoms with van der Waals surface area (Å²) >= 11 is 0. The van der Waals surface area contributed by atoms with E-state index < -0.39 is 42.8 Å². The number of carbonyl (C=O) groups is 4. The Morgan fingerprint density at radius 3 is 1.73 bits per heavy atom. The van der Waals surface area contributed by atoms with Crippen LogP contribution < -0.4 is 11.5 Å². The van der Waals surface area contributed by atoms with Crippen LogP contribution in [0.25, 0.3) is 0 Å². The minimum absolute atomic E-state index is 0.163. The van der Waals surface area contributed by atoms with Crippen LogP contribution in [0.2, 0.25) is 0 Å². The topological polar surface area (TPSA) is 157 Å². The number of ether oxygens (including phenoxy) is 4. The maximum atomic E-state index is 11.4. The van der Waals surface area contributed by atoms with E-state index in [0.717, 1.165) is 7.11 Å². The van der Waals surface area contributed by atoms with Gasteiger partial charge >= 0.3 is 23.9 Å². The fourth-order valence-electron chi connectivity index (χ4n) is 1.19. The van der Waals surface area contributed by atoms with Gasteiger partial charge < -0.3 is 30.4 Å². The summed E-state index contributed by atoms with van der Waals surface area (Å²) in [6, 6.07) is -2.47. The number of hydrogen-bond donors (Lipinski definition) is 2. The zero-order valence-electron chi connectivity index (χ0n) is 12.4.